The molecule has 0 saturated carbocycles. The largest absolute Gasteiger partial charge is 0.391 e. The Morgan fingerprint density at radius 3 is 2.46 bits per heavy atom. The maximum absolute atomic E-state index is 12.6. The molecule has 0 aliphatic carbocycles. The Hall–Kier alpha value is -3.06. The standard InChI is InChI=1S/C25H32N8O3S/c1-17(34)19(26)24(35)32-7-9-33(10-8-32)25-29-21-20(22(30-25)31-11-13-36-14-12-31)27-16-28-23(21)37-15-18-5-3-2-4-6-18/h2-6,16-17,19,34H,7-15,26H2,1H3/t17-,19+/m1/s1. The van der Waals surface area contributed by atoms with Crippen molar-refractivity contribution in [2.24, 2.45) is 5.73 Å². The van der Waals surface area contributed by atoms with Crippen molar-refractivity contribution in [3.8, 4) is 0 Å². The van der Waals surface area contributed by atoms with Gasteiger partial charge in [0.25, 0.3) is 0 Å². The van der Waals surface area contributed by atoms with Crippen LogP contribution in [-0.4, -0.2) is 100 Å². The van der Waals surface area contributed by atoms with Crippen LogP contribution < -0.4 is 15.5 Å². The number of nitrogens with two attached hydrogens (primary N) is 1. The lowest BCUT2D eigenvalue weighted by Gasteiger charge is -2.37. The lowest BCUT2D eigenvalue weighted by molar-refractivity contribution is -0.135. The Morgan fingerprint density at radius 1 is 1.03 bits per heavy atom. The van der Waals surface area contributed by atoms with Crippen LogP contribution in [0.25, 0.3) is 11.0 Å². The van der Waals surface area contributed by atoms with Gasteiger partial charge in [0.15, 0.2) is 5.82 Å². The van der Waals surface area contributed by atoms with Crippen molar-refractivity contribution in [2.75, 3.05) is 62.3 Å². The minimum absolute atomic E-state index is 0.240. The van der Waals surface area contributed by atoms with E-state index >= 15 is 0 Å². The smallest absolute Gasteiger partial charge is 0.242 e. The number of anilines is 2. The Morgan fingerprint density at radius 2 is 1.76 bits per heavy atom. The summed E-state index contributed by atoms with van der Waals surface area (Å²) >= 11 is 1.63. The van der Waals surface area contributed by atoms with Crippen LogP contribution in [0.5, 0.6) is 0 Å². The molecule has 2 fully saturated rings. The fourth-order valence-corrected chi connectivity index (χ4v) is 5.31. The molecule has 4 heterocycles. The number of morpholine rings is 1. The molecule has 2 aromatic heterocycles. The number of aliphatic hydroxyl groups excluding tert-OH is 1. The van der Waals surface area contributed by atoms with Gasteiger partial charge >= 0.3 is 0 Å². The summed E-state index contributed by atoms with van der Waals surface area (Å²) in [5.74, 6) is 1.90. The Balaban J connectivity index is 1.44. The van der Waals surface area contributed by atoms with Crippen LogP contribution in [0.3, 0.4) is 0 Å². The molecule has 37 heavy (non-hydrogen) atoms. The molecule has 12 heteroatoms. The molecule has 0 radical (unpaired) electrons. The number of rotatable bonds is 7. The fourth-order valence-electron chi connectivity index (χ4n) is 4.41. The zero-order valence-corrected chi connectivity index (χ0v) is 21.7. The third-order valence-corrected chi connectivity index (χ3v) is 7.68. The van der Waals surface area contributed by atoms with E-state index in [0.717, 1.165) is 40.7 Å². The predicted molar refractivity (Wildman–Crippen MR) is 143 cm³/mol. The molecule has 0 unspecified atom stereocenters. The molecule has 1 amide bonds. The summed E-state index contributed by atoms with van der Waals surface area (Å²) in [6.07, 6.45) is 0.690. The van der Waals surface area contributed by atoms with Crippen molar-refractivity contribution < 1.29 is 14.6 Å². The maximum atomic E-state index is 12.6. The van der Waals surface area contributed by atoms with Crippen LogP contribution in [0.15, 0.2) is 41.7 Å². The van der Waals surface area contributed by atoms with E-state index in [1.54, 1.807) is 23.0 Å². The molecule has 5 rings (SSSR count). The first-order valence-corrected chi connectivity index (χ1v) is 13.5. The number of hydrogen-bond acceptors (Lipinski definition) is 11. The molecule has 2 saturated heterocycles. The van der Waals surface area contributed by atoms with Crippen molar-refractivity contribution in [1.82, 2.24) is 24.8 Å². The van der Waals surface area contributed by atoms with E-state index < -0.39 is 12.1 Å². The van der Waals surface area contributed by atoms with Gasteiger partial charge in [0.1, 0.15) is 28.4 Å². The number of hydrogen-bond donors (Lipinski definition) is 2. The predicted octanol–water partition coefficient (Wildman–Crippen LogP) is 0.905. The van der Waals surface area contributed by atoms with Gasteiger partial charge in [0.05, 0.1) is 19.3 Å². The molecule has 1 aromatic carbocycles. The number of aromatic nitrogens is 4. The lowest BCUT2D eigenvalue weighted by atomic mass is 10.1. The fraction of sp³-hybridized carbons (Fsp3) is 0.480. The highest BCUT2D eigenvalue weighted by Crippen LogP contribution is 2.32. The van der Waals surface area contributed by atoms with Gasteiger partial charge in [-0.2, -0.15) is 4.98 Å². The van der Waals surface area contributed by atoms with Crippen LogP contribution >= 0.6 is 11.8 Å². The number of benzene rings is 1. The molecule has 2 aliphatic heterocycles. The van der Waals surface area contributed by atoms with E-state index in [0.29, 0.717) is 45.3 Å². The molecule has 0 spiro atoms. The highest BCUT2D eigenvalue weighted by molar-refractivity contribution is 7.98. The second-order valence-corrected chi connectivity index (χ2v) is 10.1. The third kappa shape index (κ3) is 5.77. The summed E-state index contributed by atoms with van der Waals surface area (Å²) in [6.45, 7) is 6.33. The SMILES string of the molecule is C[C@@H](O)[C@H](N)C(=O)N1CCN(c2nc(N3CCOCC3)c3ncnc(SCc4ccccc4)c3n2)CC1. The quantitative estimate of drug-likeness (QED) is 0.337. The van der Waals surface area contributed by atoms with Crippen molar-refractivity contribution in [1.29, 1.82) is 0 Å². The van der Waals surface area contributed by atoms with Crippen molar-refractivity contribution >= 4 is 40.5 Å². The molecule has 0 bridgehead atoms. The van der Waals surface area contributed by atoms with Gasteiger partial charge in [-0.05, 0) is 12.5 Å². The maximum Gasteiger partial charge on any atom is 0.242 e. The van der Waals surface area contributed by atoms with Crippen LogP contribution in [0, 0.1) is 0 Å². The van der Waals surface area contributed by atoms with Crippen LogP contribution in [0.4, 0.5) is 11.8 Å². The molecule has 2 aliphatic rings. The summed E-state index contributed by atoms with van der Waals surface area (Å²) in [7, 11) is 0. The van der Waals surface area contributed by atoms with Gasteiger partial charge in [-0.15, -0.1) is 0 Å². The number of piperazine rings is 1. The number of carbonyl (C=O) groups excluding carboxylic acids is 1. The Labute approximate surface area is 220 Å². The number of fused-ring (bicyclic) bond motifs is 1. The van der Waals surface area contributed by atoms with Gasteiger partial charge in [0, 0.05) is 45.0 Å². The average Bonchev–Trinajstić information content (AvgIpc) is 2.95. The summed E-state index contributed by atoms with van der Waals surface area (Å²) in [4.78, 5) is 37.6. The number of nitrogens with zero attached hydrogens (tertiary/aromatic N) is 7. The first kappa shape index (κ1) is 25.6. The zero-order chi connectivity index (χ0) is 25.8. The van der Waals surface area contributed by atoms with E-state index in [-0.39, 0.29) is 5.91 Å². The van der Waals surface area contributed by atoms with Crippen molar-refractivity contribution in [2.45, 2.75) is 29.8 Å². The molecule has 196 valence electrons. The number of ether oxygens (including phenoxy) is 1. The normalized spacial score (nSPS) is 18.2. The highest BCUT2D eigenvalue weighted by Gasteiger charge is 2.29. The van der Waals surface area contributed by atoms with E-state index in [1.165, 1.54) is 12.5 Å². The minimum Gasteiger partial charge on any atom is -0.391 e. The monoisotopic (exact) mass is 524 g/mol. The third-order valence-electron chi connectivity index (χ3n) is 6.63. The average molecular weight is 525 g/mol. The summed E-state index contributed by atoms with van der Waals surface area (Å²) in [6, 6.07) is 9.35. The minimum atomic E-state index is -0.919. The molecule has 3 aromatic rings. The highest BCUT2D eigenvalue weighted by atomic mass is 32.2. The van der Waals surface area contributed by atoms with Gasteiger partial charge in [-0.25, -0.2) is 15.0 Å². The summed E-state index contributed by atoms with van der Waals surface area (Å²) in [5, 5.41) is 10.5. The number of thioether (sulfide) groups is 1. The number of aliphatic hydroxyl groups is 1. The second-order valence-electron chi connectivity index (χ2n) is 9.18. The van der Waals surface area contributed by atoms with E-state index in [4.69, 9.17) is 20.4 Å². The van der Waals surface area contributed by atoms with E-state index in [9.17, 15) is 9.90 Å². The number of carbonyl (C=O) groups is 1. The molecule has 11 nitrogen and oxygen atoms in total. The van der Waals surface area contributed by atoms with E-state index in [1.807, 2.05) is 18.2 Å². The summed E-state index contributed by atoms with van der Waals surface area (Å²) < 4.78 is 5.56. The topological polar surface area (TPSA) is 134 Å². The Kier molecular flexibility index (Phi) is 7.99. The second kappa shape index (κ2) is 11.5. The first-order chi connectivity index (χ1) is 18.0. The molecular formula is C25H32N8O3S. The van der Waals surface area contributed by atoms with Gasteiger partial charge in [-0.1, -0.05) is 42.1 Å². The van der Waals surface area contributed by atoms with Gasteiger partial charge < -0.3 is 30.3 Å². The van der Waals surface area contributed by atoms with Gasteiger partial charge in [0.2, 0.25) is 11.9 Å². The number of amides is 1. The molecular weight excluding hydrogens is 492 g/mol. The van der Waals surface area contributed by atoms with Gasteiger partial charge in [-0.3, -0.25) is 4.79 Å². The van der Waals surface area contributed by atoms with Crippen molar-refractivity contribution in [3.05, 3.63) is 42.2 Å². The van der Waals surface area contributed by atoms with E-state index in [2.05, 4.69) is 31.9 Å². The van der Waals surface area contributed by atoms with Crippen LogP contribution in [0.1, 0.15) is 12.5 Å². The Bertz CT molecular complexity index is 1220. The zero-order valence-electron chi connectivity index (χ0n) is 20.9. The molecule has 3 N–H and O–H groups in total. The van der Waals surface area contributed by atoms with Crippen LogP contribution in [-0.2, 0) is 15.3 Å². The van der Waals surface area contributed by atoms with Crippen molar-refractivity contribution in [3.63, 3.8) is 0 Å². The lowest BCUT2D eigenvalue weighted by Crippen LogP contribution is -2.55. The molecule has 2 atom stereocenters. The first-order valence-electron chi connectivity index (χ1n) is 12.5. The van der Waals surface area contributed by atoms with Crippen LogP contribution in [0.2, 0.25) is 0 Å². The summed E-state index contributed by atoms with van der Waals surface area (Å²) in [5.41, 5.74) is 8.54.